The first-order valence-corrected chi connectivity index (χ1v) is 6.95. The van der Waals surface area contributed by atoms with Gasteiger partial charge >= 0.3 is 0 Å². The van der Waals surface area contributed by atoms with E-state index in [1.165, 1.54) is 22.3 Å². The van der Waals surface area contributed by atoms with Crippen molar-refractivity contribution >= 4 is 0 Å². The molecule has 3 heteroatoms. The van der Waals surface area contributed by atoms with Gasteiger partial charge in [0, 0.05) is 12.6 Å². The van der Waals surface area contributed by atoms with E-state index in [9.17, 15) is 0 Å². The molecule has 0 aliphatic carbocycles. The molecule has 1 aromatic rings. The van der Waals surface area contributed by atoms with Crippen LogP contribution in [0, 0.1) is 20.8 Å². The lowest BCUT2D eigenvalue weighted by atomic mass is 9.93. The molecular formula is C16H28N2O. The average Bonchev–Trinajstić information content (AvgIpc) is 2.35. The highest BCUT2D eigenvalue weighted by Crippen LogP contribution is 2.32. The third-order valence-electron chi connectivity index (χ3n) is 3.84. The van der Waals surface area contributed by atoms with Crippen LogP contribution in [-0.4, -0.2) is 39.2 Å². The molecule has 1 rings (SSSR count). The van der Waals surface area contributed by atoms with Crippen LogP contribution >= 0.6 is 0 Å². The predicted molar refractivity (Wildman–Crippen MR) is 82.2 cm³/mol. The Kier molecular flexibility index (Phi) is 5.83. The molecule has 1 aromatic carbocycles. The summed E-state index contributed by atoms with van der Waals surface area (Å²) in [6.07, 6.45) is 0. The molecule has 0 fully saturated rings. The lowest BCUT2D eigenvalue weighted by molar-refractivity contribution is 0.289. The number of aryl methyl sites for hydroxylation is 1. The first kappa shape index (κ1) is 16.0. The van der Waals surface area contributed by atoms with Gasteiger partial charge in [0.2, 0.25) is 0 Å². The molecule has 0 aliphatic rings. The van der Waals surface area contributed by atoms with Crippen LogP contribution in [0.1, 0.15) is 35.2 Å². The van der Waals surface area contributed by atoms with Crippen molar-refractivity contribution < 1.29 is 4.74 Å². The zero-order valence-corrected chi connectivity index (χ0v) is 13.4. The summed E-state index contributed by atoms with van der Waals surface area (Å²) in [5.41, 5.74) is 5.19. The lowest BCUT2D eigenvalue weighted by Gasteiger charge is -2.28. The van der Waals surface area contributed by atoms with Gasteiger partial charge in [0.15, 0.2) is 0 Å². The number of likely N-dealkylation sites (N-methyl/N-ethyl adjacent to an activating group) is 2. The number of benzene rings is 1. The Hall–Kier alpha value is -1.06. The molecule has 0 radical (unpaired) electrons. The lowest BCUT2D eigenvalue weighted by Crippen LogP contribution is -2.31. The number of rotatable bonds is 6. The van der Waals surface area contributed by atoms with Gasteiger partial charge in [-0.3, -0.25) is 0 Å². The Balaban J connectivity index is 3.24. The first-order chi connectivity index (χ1) is 8.93. The standard InChI is InChI=1S/C16H28N2O/c1-8-17-10-15(18(5)6)14-9-11(2)16(19-7)13(4)12(14)3/h9,15,17H,8,10H2,1-7H3. The van der Waals surface area contributed by atoms with Crippen LogP contribution in [0.15, 0.2) is 6.07 Å². The van der Waals surface area contributed by atoms with Gasteiger partial charge in [-0.05, 0) is 63.7 Å². The molecule has 108 valence electrons. The summed E-state index contributed by atoms with van der Waals surface area (Å²) in [5.74, 6) is 1.02. The van der Waals surface area contributed by atoms with Gasteiger partial charge in [0.05, 0.1) is 7.11 Å². The van der Waals surface area contributed by atoms with Gasteiger partial charge in [-0.15, -0.1) is 0 Å². The van der Waals surface area contributed by atoms with Crippen LogP contribution in [0.5, 0.6) is 5.75 Å². The molecular weight excluding hydrogens is 236 g/mol. The average molecular weight is 264 g/mol. The number of hydrogen-bond donors (Lipinski definition) is 1. The summed E-state index contributed by atoms with van der Waals surface area (Å²) in [6, 6.07) is 2.66. The minimum Gasteiger partial charge on any atom is -0.496 e. The molecule has 0 saturated heterocycles. The number of hydrogen-bond acceptors (Lipinski definition) is 3. The van der Waals surface area contributed by atoms with Crippen molar-refractivity contribution in [3.8, 4) is 5.75 Å². The topological polar surface area (TPSA) is 24.5 Å². The second-order valence-electron chi connectivity index (χ2n) is 5.35. The molecule has 0 aromatic heterocycles. The van der Waals surface area contributed by atoms with E-state index in [-0.39, 0.29) is 0 Å². The van der Waals surface area contributed by atoms with Crippen molar-refractivity contribution in [2.24, 2.45) is 0 Å². The van der Waals surface area contributed by atoms with E-state index in [0.29, 0.717) is 6.04 Å². The molecule has 3 nitrogen and oxygen atoms in total. The van der Waals surface area contributed by atoms with Gasteiger partial charge in [0.1, 0.15) is 5.75 Å². The summed E-state index contributed by atoms with van der Waals surface area (Å²) >= 11 is 0. The fourth-order valence-electron chi connectivity index (χ4n) is 2.60. The Morgan fingerprint density at radius 2 is 1.84 bits per heavy atom. The van der Waals surface area contributed by atoms with Crippen LogP contribution in [-0.2, 0) is 0 Å². The minimum absolute atomic E-state index is 0.392. The van der Waals surface area contributed by atoms with Crippen molar-refractivity contribution in [2.75, 3.05) is 34.3 Å². The van der Waals surface area contributed by atoms with Crippen molar-refractivity contribution in [1.29, 1.82) is 0 Å². The SMILES string of the molecule is CCNCC(c1cc(C)c(OC)c(C)c1C)N(C)C. The summed E-state index contributed by atoms with van der Waals surface area (Å²) in [4.78, 5) is 2.27. The molecule has 1 unspecified atom stereocenters. The normalized spacial score (nSPS) is 12.8. The Bertz CT molecular complexity index is 427. The summed E-state index contributed by atoms with van der Waals surface area (Å²) in [7, 11) is 6.02. The van der Waals surface area contributed by atoms with Gasteiger partial charge in [0.25, 0.3) is 0 Å². The van der Waals surface area contributed by atoms with Crippen molar-refractivity contribution in [2.45, 2.75) is 33.7 Å². The van der Waals surface area contributed by atoms with E-state index in [1.807, 2.05) is 0 Å². The highest BCUT2D eigenvalue weighted by atomic mass is 16.5. The van der Waals surface area contributed by atoms with E-state index >= 15 is 0 Å². The molecule has 0 heterocycles. The molecule has 0 saturated carbocycles. The van der Waals surface area contributed by atoms with Crippen LogP contribution in [0.2, 0.25) is 0 Å². The maximum Gasteiger partial charge on any atom is 0.124 e. The van der Waals surface area contributed by atoms with Gasteiger partial charge in [-0.1, -0.05) is 13.0 Å². The van der Waals surface area contributed by atoms with Crippen molar-refractivity contribution in [3.05, 3.63) is 28.3 Å². The molecule has 1 atom stereocenters. The highest BCUT2D eigenvalue weighted by molar-refractivity contribution is 5.50. The molecule has 0 amide bonds. The zero-order valence-electron chi connectivity index (χ0n) is 13.4. The Morgan fingerprint density at radius 1 is 1.21 bits per heavy atom. The summed E-state index contributed by atoms with van der Waals surface area (Å²) in [5, 5.41) is 3.45. The number of nitrogens with one attached hydrogen (secondary N) is 1. The van der Waals surface area contributed by atoms with E-state index < -0.39 is 0 Å². The van der Waals surface area contributed by atoms with Gasteiger partial charge < -0.3 is 15.0 Å². The van der Waals surface area contributed by atoms with E-state index in [2.05, 4.69) is 58.1 Å². The number of methoxy groups -OCH3 is 1. The van der Waals surface area contributed by atoms with Crippen LogP contribution in [0.3, 0.4) is 0 Å². The molecule has 19 heavy (non-hydrogen) atoms. The van der Waals surface area contributed by atoms with Gasteiger partial charge in [-0.25, -0.2) is 0 Å². The van der Waals surface area contributed by atoms with Crippen LogP contribution in [0.25, 0.3) is 0 Å². The third-order valence-corrected chi connectivity index (χ3v) is 3.84. The fourth-order valence-corrected chi connectivity index (χ4v) is 2.60. The Labute approximate surface area is 118 Å². The maximum absolute atomic E-state index is 5.50. The summed E-state index contributed by atoms with van der Waals surface area (Å²) in [6.45, 7) is 10.6. The van der Waals surface area contributed by atoms with E-state index in [4.69, 9.17) is 4.74 Å². The highest BCUT2D eigenvalue weighted by Gasteiger charge is 2.19. The Morgan fingerprint density at radius 3 is 2.32 bits per heavy atom. The summed E-state index contributed by atoms with van der Waals surface area (Å²) < 4.78 is 5.50. The van der Waals surface area contributed by atoms with Crippen LogP contribution in [0.4, 0.5) is 0 Å². The van der Waals surface area contributed by atoms with Crippen molar-refractivity contribution in [1.82, 2.24) is 10.2 Å². The second-order valence-corrected chi connectivity index (χ2v) is 5.35. The quantitative estimate of drug-likeness (QED) is 0.855. The van der Waals surface area contributed by atoms with E-state index in [0.717, 1.165) is 18.8 Å². The van der Waals surface area contributed by atoms with Gasteiger partial charge in [-0.2, -0.15) is 0 Å². The molecule has 0 spiro atoms. The molecule has 1 N–H and O–H groups in total. The zero-order chi connectivity index (χ0) is 14.6. The number of nitrogens with zero attached hydrogens (tertiary/aromatic N) is 1. The monoisotopic (exact) mass is 264 g/mol. The molecule has 0 bridgehead atoms. The largest absolute Gasteiger partial charge is 0.496 e. The minimum atomic E-state index is 0.392. The van der Waals surface area contributed by atoms with Crippen molar-refractivity contribution in [3.63, 3.8) is 0 Å². The first-order valence-electron chi connectivity index (χ1n) is 6.95. The fraction of sp³-hybridized carbons (Fsp3) is 0.625. The number of ether oxygens (including phenoxy) is 1. The maximum atomic E-state index is 5.50. The molecule has 0 aliphatic heterocycles. The second kappa shape index (κ2) is 6.92. The smallest absolute Gasteiger partial charge is 0.124 e. The predicted octanol–water partition coefficient (Wildman–Crippen LogP) is 2.83. The van der Waals surface area contributed by atoms with E-state index in [1.54, 1.807) is 7.11 Å². The third kappa shape index (κ3) is 3.48. The van der Waals surface area contributed by atoms with Crippen LogP contribution < -0.4 is 10.1 Å².